The number of benzene rings is 1. The van der Waals surface area contributed by atoms with Crippen molar-refractivity contribution in [2.24, 2.45) is 0 Å². The fourth-order valence-corrected chi connectivity index (χ4v) is 2.98. The summed E-state index contributed by atoms with van der Waals surface area (Å²) in [4.78, 5) is 28.9. The van der Waals surface area contributed by atoms with Crippen LogP contribution in [-0.4, -0.2) is 22.6 Å². The highest BCUT2D eigenvalue weighted by Crippen LogP contribution is 2.31. The van der Waals surface area contributed by atoms with E-state index in [0.29, 0.717) is 23.5 Å². The van der Waals surface area contributed by atoms with Gasteiger partial charge in [0, 0.05) is 16.2 Å². The summed E-state index contributed by atoms with van der Waals surface area (Å²) in [5.74, 6) is 0.187. The molecular weight excluding hydrogens is 298 g/mol. The summed E-state index contributed by atoms with van der Waals surface area (Å²) < 4.78 is 0. The molecule has 0 radical (unpaired) electrons. The maximum absolute atomic E-state index is 12.2. The standard InChI is InChI=1S/C16H15N3O2S/c1-10-3-2-4-12(18-10)8-17-16(21)11-5-6-14-13(7-11)19-15(20)9-22-14/h2-7H,8-9H2,1H3,(H,17,21)(H,19,20). The third kappa shape index (κ3) is 3.28. The van der Waals surface area contributed by atoms with Gasteiger partial charge in [0.15, 0.2) is 0 Å². The molecule has 1 aliphatic rings. The Kier molecular flexibility index (Phi) is 4.11. The number of hydrogen-bond donors (Lipinski definition) is 2. The van der Waals surface area contributed by atoms with Crippen molar-refractivity contribution >= 4 is 29.3 Å². The molecule has 2 aromatic rings. The Balaban J connectivity index is 1.70. The third-order valence-corrected chi connectivity index (χ3v) is 4.32. The van der Waals surface area contributed by atoms with Gasteiger partial charge in [-0.2, -0.15) is 0 Å². The highest BCUT2D eigenvalue weighted by atomic mass is 32.2. The lowest BCUT2D eigenvalue weighted by molar-refractivity contribution is -0.113. The molecule has 0 atom stereocenters. The molecule has 0 saturated carbocycles. The average molecular weight is 313 g/mol. The van der Waals surface area contributed by atoms with Gasteiger partial charge >= 0.3 is 0 Å². The van der Waals surface area contributed by atoms with Crippen LogP contribution in [-0.2, 0) is 11.3 Å². The molecule has 1 aromatic heterocycles. The first-order valence-corrected chi connectivity index (χ1v) is 7.88. The molecule has 1 aliphatic heterocycles. The first kappa shape index (κ1) is 14.6. The molecule has 0 aliphatic carbocycles. The first-order valence-electron chi connectivity index (χ1n) is 6.89. The van der Waals surface area contributed by atoms with Crippen molar-refractivity contribution in [1.29, 1.82) is 0 Å². The molecule has 22 heavy (non-hydrogen) atoms. The van der Waals surface area contributed by atoms with Crippen LogP contribution >= 0.6 is 11.8 Å². The number of hydrogen-bond acceptors (Lipinski definition) is 4. The molecule has 0 bridgehead atoms. The molecule has 6 heteroatoms. The van der Waals surface area contributed by atoms with Crippen molar-refractivity contribution in [3.63, 3.8) is 0 Å². The van der Waals surface area contributed by atoms with E-state index in [4.69, 9.17) is 0 Å². The number of nitrogens with zero attached hydrogens (tertiary/aromatic N) is 1. The normalized spacial score (nSPS) is 13.2. The van der Waals surface area contributed by atoms with E-state index in [1.54, 1.807) is 12.1 Å². The number of anilines is 1. The largest absolute Gasteiger partial charge is 0.346 e. The van der Waals surface area contributed by atoms with Crippen molar-refractivity contribution in [3.8, 4) is 0 Å². The summed E-state index contributed by atoms with van der Waals surface area (Å²) in [6.45, 7) is 2.29. The molecule has 3 rings (SSSR count). The van der Waals surface area contributed by atoms with Crippen LogP contribution in [0.15, 0.2) is 41.3 Å². The Morgan fingerprint density at radius 3 is 3.05 bits per heavy atom. The number of aromatic nitrogens is 1. The van der Waals surface area contributed by atoms with Crippen LogP contribution in [0.5, 0.6) is 0 Å². The molecule has 2 N–H and O–H groups in total. The van der Waals surface area contributed by atoms with E-state index in [-0.39, 0.29) is 11.8 Å². The number of amides is 2. The van der Waals surface area contributed by atoms with Crippen LogP contribution in [0.3, 0.4) is 0 Å². The van der Waals surface area contributed by atoms with Crippen LogP contribution < -0.4 is 10.6 Å². The highest BCUT2D eigenvalue weighted by Gasteiger charge is 2.17. The number of aryl methyl sites for hydroxylation is 1. The second kappa shape index (κ2) is 6.19. The number of nitrogens with one attached hydrogen (secondary N) is 2. The lowest BCUT2D eigenvalue weighted by Crippen LogP contribution is -2.24. The summed E-state index contributed by atoms with van der Waals surface area (Å²) in [6, 6.07) is 11.0. The fraction of sp³-hybridized carbons (Fsp3) is 0.188. The molecule has 0 spiro atoms. The zero-order valence-corrected chi connectivity index (χ0v) is 12.9. The lowest BCUT2D eigenvalue weighted by atomic mass is 10.1. The molecule has 0 fully saturated rings. The summed E-state index contributed by atoms with van der Waals surface area (Å²) >= 11 is 1.48. The Bertz CT molecular complexity index is 746. The van der Waals surface area contributed by atoms with Gasteiger partial charge in [-0.25, -0.2) is 0 Å². The van der Waals surface area contributed by atoms with Crippen LogP contribution in [0, 0.1) is 6.92 Å². The SMILES string of the molecule is Cc1cccc(CNC(=O)c2ccc3c(c2)NC(=O)CS3)n1. The minimum Gasteiger partial charge on any atom is -0.346 e. The average Bonchev–Trinajstić information content (AvgIpc) is 2.52. The molecule has 112 valence electrons. The number of rotatable bonds is 3. The minimum atomic E-state index is -0.184. The van der Waals surface area contributed by atoms with Gasteiger partial charge in [0.05, 0.1) is 23.7 Å². The maximum Gasteiger partial charge on any atom is 0.251 e. The number of carbonyl (C=O) groups excluding carboxylic acids is 2. The number of fused-ring (bicyclic) bond motifs is 1. The van der Waals surface area contributed by atoms with Gasteiger partial charge in [0.1, 0.15) is 0 Å². The minimum absolute atomic E-state index is 0.0426. The highest BCUT2D eigenvalue weighted by molar-refractivity contribution is 8.00. The van der Waals surface area contributed by atoms with Gasteiger partial charge in [-0.1, -0.05) is 6.07 Å². The Morgan fingerprint density at radius 1 is 1.36 bits per heavy atom. The van der Waals surface area contributed by atoms with E-state index >= 15 is 0 Å². The number of carbonyl (C=O) groups is 2. The summed E-state index contributed by atoms with van der Waals surface area (Å²) in [6.07, 6.45) is 0. The van der Waals surface area contributed by atoms with E-state index in [1.807, 2.05) is 31.2 Å². The zero-order chi connectivity index (χ0) is 15.5. The zero-order valence-electron chi connectivity index (χ0n) is 12.1. The second-order valence-electron chi connectivity index (χ2n) is 5.00. The number of pyridine rings is 1. The molecular formula is C16H15N3O2S. The predicted molar refractivity (Wildman–Crippen MR) is 85.9 cm³/mol. The Labute approximate surface area is 132 Å². The van der Waals surface area contributed by atoms with Crippen molar-refractivity contribution < 1.29 is 9.59 Å². The summed E-state index contributed by atoms with van der Waals surface area (Å²) in [5, 5.41) is 5.62. The van der Waals surface area contributed by atoms with Crippen LogP contribution in [0.1, 0.15) is 21.7 Å². The van der Waals surface area contributed by atoms with E-state index in [9.17, 15) is 9.59 Å². The number of thioether (sulfide) groups is 1. The summed E-state index contributed by atoms with van der Waals surface area (Å²) in [7, 11) is 0. The predicted octanol–water partition coefficient (Wildman–Crippen LogP) is 2.36. The van der Waals surface area contributed by atoms with Gasteiger partial charge in [-0.05, 0) is 37.3 Å². The Morgan fingerprint density at radius 2 is 2.23 bits per heavy atom. The fourth-order valence-electron chi connectivity index (χ4n) is 2.20. The van der Waals surface area contributed by atoms with Crippen LogP contribution in [0.2, 0.25) is 0 Å². The molecule has 1 aromatic carbocycles. The molecule has 5 nitrogen and oxygen atoms in total. The van der Waals surface area contributed by atoms with Gasteiger partial charge in [-0.3, -0.25) is 14.6 Å². The van der Waals surface area contributed by atoms with E-state index in [1.165, 1.54) is 11.8 Å². The monoisotopic (exact) mass is 313 g/mol. The van der Waals surface area contributed by atoms with E-state index < -0.39 is 0 Å². The van der Waals surface area contributed by atoms with Crippen LogP contribution in [0.25, 0.3) is 0 Å². The topological polar surface area (TPSA) is 71.1 Å². The van der Waals surface area contributed by atoms with Gasteiger partial charge in [0.2, 0.25) is 5.91 Å². The quantitative estimate of drug-likeness (QED) is 0.912. The first-order chi connectivity index (χ1) is 10.6. The van der Waals surface area contributed by atoms with Gasteiger partial charge in [0.25, 0.3) is 5.91 Å². The Hall–Kier alpha value is -2.34. The third-order valence-electron chi connectivity index (χ3n) is 3.25. The molecule has 0 unspecified atom stereocenters. The molecule has 0 saturated heterocycles. The van der Waals surface area contributed by atoms with Crippen molar-refractivity contribution in [3.05, 3.63) is 53.3 Å². The molecule has 2 heterocycles. The maximum atomic E-state index is 12.2. The van der Waals surface area contributed by atoms with Gasteiger partial charge in [-0.15, -0.1) is 11.8 Å². The molecule has 2 amide bonds. The van der Waals surface area contributed by atoms with E-state index in [0.717, 1.165) is 16.3 Å². The van der Waals surface area contributed by atoms with E-state index in [2.05, 4.69) is 15.6 Å². The van der Waals surface area contributed by atoms with Gasteiger partial charge < -0.3 is 10.6 Å². The lowest BCUT2D eigenvalue weighted by Gasteiger charge is -2.16. The van der Waals surface area contributed by atoms with Crippen molar-refractivity contribution in [1.82, 2.24) is 10.3 Å². The summed E-state index contributed by atoms with van der Waals surface area (Å²) in [5.41, 5.74) is 2.95. The van der Waals surface area contributed by atoms with Crippen LogP contribution in [0.4, 0.5) is 5.69 Å². The van der Waals surface area contributed by atoms with Crippen molar-refractivity contribution in [2.75, 3.05) is 11.1 Å². The smallest absolute Gasteiger partial charge is 0.251 e. The second-order valence-corrected chi connectivity index (χ2v) is 6.02. The van der Waals surface area contributed by atoms with Crippen molar-refractivity contribution in [2.45, 2.75) is 18.4 Å².